The molecule has 0 atom stereocenters. The molecule has 0 aromatic carbocycles. The van der Waals surface area contributed by atoms with Crippen molar-refractivity contribution < 1.29 is 4.79 Å². The second-order valence-corrected chi connectivity index (χ2v) is 3.70. The summed E-state index contributed by atoms with van der Waals surface area (Å²) in [5.41, 5.74) is 1.66. The number of hydrogen-bond acceptors (Lipinski definition) is 2. The second kappa shape index (κ2) is 3.40. The van der Waals surface area contributed by atoms with Crippen LogP contribution in [0.15, 0.2) is 16.9 Å². The number of ketones is 1. The molecule has 0 amide bonds. The normalized spacial score (nSPS) is 14.9. The summed E-state index contributed by atoms with van der Waals surface area (Å²) in [6, 6.07) is 3.15. The lowest BCUT2D eigenvalue weighted by molar-refractivity contribution is 0.101. The second-order valence-electron chi connectivity index (χ2n) is 3.70. The van der Waals surface area contributed by atoms with E-state index in [1.54, 1.807) is 17.6 Å². The molecule has 1 aromatic rings. The molecule has 14 heavy (non-hydrogen) atoms. The van der Waals surface area contributed by atoms with Crippen LogP contribution in [0.3, 0.4) is 0 Å². The van der Waals surface area contributed by atoms with E-state index in [1.807, 2.05) is 0 Å². The van der Waals surface area contributed by atoms with E-state index in [0.717, 1.165) is 31.5 Å². The highest BCUT2D eigenvalue weighted by molar-refractivity contribution is 5.95. The Morgan fingerprint density at radius 1 is 1.36 bits per heavy atom. The van der Waals surface area contributed by atoms with E-state index >= 15 is 0 Å². The van der Waals surface area contributed by atoms with Crippen LogP contribution in [0.2, 0.25) is 0 Å². The summed E-state index contributed by atoms with van der Waals surface area (Å²) in [6.45, 7) is 2.31. The van der Waals surface area contributed by atoms with Gasteiger partial charge in [-0.2, -0.15) is 0 Å². The standard InChI is InChI=1S/C11H13NO2/c1-8(13)9-5-6-11(14)12-7-3-2-4-10(9)12/h5-6H,2-4,7H2,1H3. The van der Waals surface area contributed by atoms with E-state index in [-0.39, 0.29) is 11.3 Å². The molecule has 3 heteroatoms. The number of carbonyl (C=O) groups excluding carboxylic acids is 1. The topological polar surface area (TPSA) is 39.1 Å². The minimum atomic E-state index is 0.0182. The van der Waals surface area contributed by atoms with Crippen LogP contribution in [0, 0.1) is 0 Å². The predicted molar refractivity (Wildman–Crippen MR) is 53.6 cm³/mol. The van der Waals surface area contributed by atoms with Gasteiger partial charge in [0, 0.05) is 23.9 Å². The average Bonchev–Trinajstić information content (AvgIpc) is 2.18. The Bertz CT molecular complexity index is 431. The Kier molecular flexibility index (Phi) is 2.23. The van der Waals surface area contributed by atoms with Crippen molar-refractivity contribution in [3.63, 3.8) is 0 Å². The van der Waals surface area contributed by atoms with E-state index in [9.17, 15) is 9.59 Å². The van der Waals surface area contributed by atoms with E-state index in [2.05, 4.69) is 0 Å². The number of Topliss-reactive ketones (excluding diaryl/α,β-unsaturated/α-hetero) is 1. The van der Waals surface area contributed by atoms with Crippen LogP contribution in [0.5, 0.6) is 0 Å². The van der Waals surface area contributed by atoms with Crippen molar-refractivity contribution in [2.24, 2.45) is 0 Å². The van der Waals surface area contributed by atoms with Gasteiger partial charge >= 0.3 is 0 Å². The smallest absolute Gasteiger partial charge is 0.250 e. The largest absolute Gasteiger partial charge is 0.312 e. The molecule has 0 saturated heterocycles. The van der Waals surface area contributed by atoms with Gasteiger partial charge in [-0.15, -0.1) is 0 Å². The first-order valence-electron chi connectivity index (χ1n) is 4.94. The highest BCUT2D eigenvalue weighted by Gasteiger charge is 2.15. The van der Waals surface area contributed by atoms with E-state index in [1.165, 1.54) is 6.07 Å². The lowest BCUT2D eigenvalue weighted by Gasteiger charge is -2.19. The summed E-state index contributed by atoms with van der Waals surface area (Å²) < 4.78 is 1.74. The Morgan fingerprint density at radius 3 is 2.86 bits per heavy atom. The number of aromatic nitrogens is 1. The molecule has 2 rings (SSSR count). The van der Waals surface area contributed by atoms with E-state index < -0.39 is 0 Å². The monoisotopic (exact) mass is 191 g/mol. The zero-order valence-corrected chi connectivity index (χ0v) is 8.25. The third-order valence-electron chi connectivity index (χ3n) is 2.72. The predicted octanol–water partition coefficient (Wildman–Crippen LogP) is 1.39. The fourth-order valence-electron chi connectivity index (χ4n) is 2.02. The molecule has 0 N–H and O–H groups in total. The highest BCUT2D eigenvalue weighted by atomic mass is 16.1. The van der Waals surface area contributed by atoms with Crippen molar-refractivity contribution in [2.45, 2.75) is 32.7 Å². The SMILES string of the molecule is CC(=O)c1ccc(=O)n2c1CCCC2. The Labute approximate surface area is 82.4 Å². The van der Waals surface area contributed by atoms with Crippen molar-refractivity contribution in [3.8, 4) is 0 Å². The summed E-state index contributed by atoms with van der Waals surface area (Å²) in [5.74, 6) is 0.0515. The summed E-state index contributed by atoms with van der Waals surface area (Å²) in [7, 11) is 0. The van der Waals surface area contributed by atoms with Gasteiger partial charge in [0.2, 0.25) is 0 Å². The van der Waals surface area contributed by atoms with Crippen LogP contribution in [0.4, 0.5) is 0 Å². The highest BCUT2D eigenvalue weighted by Crippen LogP contribution is 2.16. The maximum absolute atomic E-state index is 11.5. The number of fused-ring (bicyclic) bond motifs is 1. The van der Waals surface area contributed by atoms with Crippen molar-refractivity contribution in [2.75, 3.05) is 0 Å². The Balaban J connectivity index is 2.65. The number of carbonyl (C=O) groups is 1. The maximum atomic E-state index is 11.5. The third-order valence-corrected chi connectivity index (χ3v) is 2.72. The van der Waals surface area contributed by atoms with Gasteiger partial charge in [0.25, 0.3) is 5.56 Å². The third kappa shape index (κ3) is 1.39. The Morgan fingerprint density at radius 2 is 2.14 bits per heavy atom. The van der Waals surface area contributed by atoms with Crippen LogP contribution in [0.1, 0.15) is 35.8 Å². The van der Waals surface area contributed by atoms with Crippen molar-refractivity contribution in [1.82, 2.24) is 4.57 Å². The fraction of sp³-hybridized carbons (Fsp3) is 0.455. The van der Waals surface area contributed by atoms with Gasteiger partial charge in [-0.3, -0.25) is 9.59 Å². The molecule has 1 aliphatic rings. The molecule has 1 aromatic heterocycles. The fourth-order valence-corrected chi connectivity index (χ4v) is 2.02. The summed E-state index contributed by atoms with van der Waals surface area (Å²) in [5, 5.41) is 0. The summed E-state index contributed by atoms with van der Waals surface area (Å²) >= 11 is 0. The summed E-state index contributed by atoms with van der Waals surface area (Å²) in [6.07, 6.45) is 2.96. The lowest BCUT2D eigenvalue weighted by Crippen LogP contribution is -2.28. The van der Waals surface area contributed by atoms with Crippen LogP contribution < -0.4 is 5.56 Å². The first-order chi connectivity index (χ1) is 6.70. The minimum Gasteiger partial charge on any atom is -0.312 e. The van der Waals surface area contributed by atoms with Crippen LogP contribution in [-0.4, -0.2) is 10.4 Å². The van der Waals surface area contributed by atoms with Crippen LogP contribution in [-0.2, 0) is 13.0 Å². The van der Waals surface area contributed by atoms with E-state index in [0.29, 0.717) is 5.56 Å². The molecule has 0 unspecified atom stereocenters. The van der Waals surface area contributed by atoms with Crippen molar-refractivity contribution in [3.05, 3.63) is 33.7 Å². The molecule has 0 saturated carbocycles. The molecule has 74 valence electrons. The van der Waals surface area contributed by atoms with Crippen LogP contribution >= 0.6 is 0 Å². The first-order valence-corrected chi connectivity index (χ1v) is 4.94. The molecule has 3 nitrogen and oxygen atoms in total. The molecule has 0 bridgehead atoms. The zero-order chi connectivity index (χ0) is 10.1. The number of rotatable bonds is 1. The lowest BCUT2D eigenvalue weighted by atomic mass is 10.0. The number of hydrogen-bond donors (Lipinski definition) is 0. The maximum Gasteiger partial charge on any atom is 0.250 e. The molecular weight excluding hydrogens is 178 g/mol. The number of pyridine rings is 1. The quantitative estimate of drug-likeness (QED) is 0.629. The molecule has 0 fully saturated rings. The number of nitrogens with zero attached hydrogens (tertiary/aromatic N) is 1. The molecule has 1 aliphatic heterocycles. The van der Waals surface area contributed by atoms with Gasteiger partial charge in [0.05, 0.1) is 0 Å². The van der Waals surface area contributed by atoms with Crippen molar-refractivity contribution >= 4 is 5.78 Å². The molecule has 0 radical (unpaired) electrons. The van der Waals surface area contributed by atoms with Gasteiger partial charge in [0.15, 0.2) is 5.78 Å². The molecule has 2 heterocycles. The van der Waals surface area contributed by atoms with Crippen LogP contribution in [0.25, 0.3) is 0 Å². The first kappa shape index (κ1) is 9.19. The summed E-state index contributed by atoms with van der Waals surface area (Å²) in [4.78, 5) is 22.8. The van der Waals surface area contributed by atoms with Gasteiger partial charge in [-0.05, 0) is 32.3 Å². The molecular formula is C11H13NO2. The molecule has 0 spiro atoms. The van der Waals surface area contributed by atoms with Gasteiger partial charge in [0.1, 0.15) is 0 Å². The van der Waals surface area contributed by atoms with Gasteiger partial charge in [-0.1, -0.05) is 0 Å². The van der Waals surface area contributed by atoms with Gasteiger partial charge in [-0.25, -0.2) is 0 Å². The van der Waals surface area contributed by atoms with Crippen molar-refractivity contribution in [1.29, 1.82) is 0 Å². The zero-order valence-electron chi connectivity index (χ0n) is 8.25. The van der Waals surface area contributed by atoms with Gasteiger partial charge < -0.3 is 4.57 Å². The Hall–Kier alpha value is -1.38. The average molecular weight is 191 g/mol. The minimum absolute atomic E-state index is 0.0182. The van der Waals surface area contributed by atoms with E-state index in [4.69, 9.17) is 0 Å². The molecule has 0 aliphatic carbocycles.